The lowest BCUT2D eigenvalue weighted by molar-refractivity contribution is -0.130. The van der Waals surface area contributed by atoms with Crippen molar-refractivity contribution in [1.29, 1.82) is 0 Å². The number of hydrogen-bond donors (Lipinski definition) is 3. The summed E-state index contributed by atoms with van der Waals surface area (Å²) in [6.45, 7) is 3.47. The molecule has 1 amide bonds. The zero-order valence-corrected chi connectivity index (χ0v) is 28.2. The third-order valence-electron chi connectivity index (χ3n) is 7.84. The van der Waals surface area contributed by atoms with Gasteiger partial charge in [-0.3, -0.25) is 10.2 Å². The van der Waals surface area contributed by atoms with Crippen LogP contribution in [0.15, 0.2) is 107 Å². The quantitative estimate of drug-likeness (QED) is 0.0974. The predicted molar refractivity (Wildman–Crippen MR) is 185 cm³/mol. The fourth-order valence-electron chi connectivity index (χ4n) is 5.47. The number of hydrazine groups is 1. The van der Waals surface area contributed by atoms with Gasteiger partial charge in [0.2, 0.25) is 5.90 Å². The number of rotatable bonds is 16. The number of aliphatic hydroxyl groups is 1. The number of aliphatic imine (C=N–C) groups is 1. The van der Waals surface area contributed by atoms with E-state index in [9.17, 15) is 4.79 Å². The normalized spacial score (nSPS) is 17.0. The molecule has 9 nitrogen and oxygen atoms in total. The number of para-hydroxylation sites is 1. The predicted octanol–water partition coefficient (Wildman–Crippen LogP) is 5.98. The highest BCUT2D eigenvalue weighted by Crippen LogP contribution is 2.44. The van der Waals surface area contributed by atoms with Crippen molar-refractivity contribution in [2.75, 3.05) is 33.5 Å². The van der Waals surface area contributed by atoms with Crippen LogP contribution in [0.1, 0.15) is 41.7 Å². The average molecular weight is 703 g/mol. The van der Waals surface area contributed by atoms with Crippen LogP contribution < -0.4 is 25.1 Å². The number of benzene rings is 4. The Morgan fingerprint density at radius 1 is 0.957 bits per heavy atom. The van der Waals surface area contributed by atoms with Gasteiger partial charge in [-0.1, -0.05) is 64.5 Å². The highest BCUT2D eigenvalue weighted by molar-refractivity contribution is 9.10. The van der Waals surface area contributed by atoms with E-state index in [0.29, 0.717) is 55.6 Å². The van der Waals surface area contributed by atoms with Crippen molar-refractivity contribution >= 4 is 27.7 Å². The number of halogens is 1. The number of aliphatic hydroxyl groups excluding tert-OH is 1. The van der Waals surface area contributed by atoms with E-state index < -0.39 is 11.6 Å². The van der Waals surface area contributed by atoms with Crippen LogP contribution in [-0.4, -0.2) is 55.9 Å². The van der Waals surface area contributed by atoms with Crippen molar-refractivity contribution in [2.24, 2.45) is 4.99 Å². The molecule has 0 saturated carbocycles. The van der Waals surface area contributed by atoms with Crippen LogP contribution in [-0.2, 0) is 22.4 Å². The summed E-state index contributed by atoms with van der Waals surface area (Å²) in [5.74, 6) is 2.14. The topological polar surface area (TPSA) is 111 Å². The zero-order valence-electron chi connectivity index (χ0n) is 26.6. The van der Waals surface area contributed by atoms with Gasteiger partial charge in [-0.2, -0.15) is 0 Å². The maximum atomic E-state index is 14.5. The molecule has 10 heteroatoms. The molecule has 0 aliphatic carbocycles. The van der Waals surface area contributed by atoms with Gasteiger partial charge in [0.1, 0.15) is 17.2 Å². The first-order valence-electron chi connectivity index (χ1n) is 15.7. The molecule has 0 radical (unpaired) electrons. The SMILES string of the molecule is CCOc1ccccc1CCNNC(=O)[C@@]1(Cc2ccccc2Br)N=C(c2ccc(OCCCO)cc2)O[C@H]1c1cccc(OC)c1. The Balaban J connectivity index is 1.48. The summed E-state index contributed by atoms with van der Waals surface area (Å²) in [6.07, 6.45) is 0.660. The van der Waals surface area contributed by atoms with Gasteiger partial charge in [0.25, 0.3) is 5.91 Å². The minimum Gasteiger partial charge on any atom is -0.497 e. The summed E-state index contributed by atoms with van der Waals surface area (Å²) >= 11 is 3.68. The lowest BCUT2D eigenvalue weighted by Crippen LogP contribution is -2.54. The van der Waals surface area contributed by atoms with Crippen molar-refractivity contribution in [3.63, 3.8) is 0 Å². The van der Waals surface area contributed by atoms with Crippen LogP contribution in [0, 0.1) is 0 Å². The van der Waals surface area contributed by atoms with E-state index in [4.69, 9.17) is 29.0 Å². The molecule has 0 unspecified atom stereocenters. The molecule has 0 aromatic heterocycles. The number of ether oxygens (including phenoxy) is 4. The van der Waals surface area contributed by atoms with Crippen molar-refractivity contribution in [2.45, 2.75) is 37.8 Å². The molecule has 0 saturated heterocycles. The fourth-order valence-corrected chi connectivity index (χ4v) is 5.90. The Hall–Kier alpha value is -4.38. The van der Waals surface area contributed by atoms with E-state index in [-0.39, 0.29) is 18.9 Å². The summed E-state index contributed by atoms with van der Waals surface area (Å²) in [5.41, 5.74) is 8.11. The van der Waals surface area contributed by atoms with Crippen molar-refractivity contribution in [1.82, 2.24) is 10.9 Å². The molecule has 4 aromatic carbocycles. The van der Waals surface area contributed by atoms with Gasteiger partial charge in [0.15, 0.2) is 11.6 Å². The van der Waals surface area contributed by atoms with E-state index in [1.54, 1.807) is 7.11 Å². The maximum absolute atomic E-state index is 14.5. The Morgan fingerprint density at radius 2 is 1.72 bits per heavy atom. The molecule has 1 aliphatic rings. The second-order valence-corrected chi connectivity index (χ2v) is 11.9. The number of nitrogens with one attached hydrogen (secondary N) is 2. The minimum absolute atomic E-state index is 0.0610. The molecular formula is C37H40BrN3O6. The Labute approximate surface area is 284 Å². The standard InChI is InChI=1S/C37H40BrN3O6/c1-3-45-33-15-7-5-10-26(33)20-21-39-41-36(43)37(25-29-11-4-6-14-32(29)38)34(28-12-8-13-31(24-28)44-2)47-35(40-37)27-16-18-30(19-17-27)46-23-9-22-42/h4-8,10-19,24,34,39,42H,3,9,20-23,25H2,1-2H3,(H,41,43)/t34-,37-/m0/s1. The van der Waals surface area contributed by atoms with Crippen LogP contribution in [0.5, 0.6) is 17.2 Å². The van der Waals surface area contributed by atoms with E-state index in [0.717, 1.165) is 26.9 Å². The first-order valence-corrected chi connectivity index (χ1v) is 16.5. The Morgan fingerprint density at radius 3 is 2.47 bits per heavy atom. The van der Waals surface area contributed by atoms with Crippen LogP contribution in [0.4, 0.5) is 0 Å². The molecule has 246 valence electrons. The smallest absolute Gasteiger partial charge is 0.266 e. The van der Waals surface area contributed by atoms with Gasteiger partial charge >= 0.3 is 0 Å². The third-order valence-corrected chi connectivity index (χ3v) is 8.61. The van der Waals surface area contributed by atoms with E-state index in [1.165, 1.54) is 0 Å². The molecule has 3 N–H and O–H groups in total. The second-order valence-electron chi connectivity index (χ2n) is 11.0. The van der Waals surface area contributed by atoms with E-state index >= 15 is 0 Å². The summed E-state index contributed by atoms with van der Waals surface area (Å²) in [7, 11) is 1.61. The molecular weight excluding hydrogens is 662 g/mol. The molecule has 1 aliphatic heterocycles. The lowest BCUT2D eigenvalue weighted by atomic mass is 9.82. The van der Waals surface area contributed by atoms with E-state index in [2.05, 4.69) is 26.8 Å². The largest absolute Gasteiger partial charge is 0.497 e. The summed E-state index contributed by atoms with van der Waals surface area (Å²) < 4.78 is 24.5. The Bertz CT molecular complexity index is 1660. The van der Waals surface area contributed by atoms with Crippen LogP contribution in [0.3, 0.4) is 0 Å². The van der Waals surface area contributed by atoms with Crippen LogP contribution >= 0.6 is 15.9 Å². The van der Waals surface area contributed by atoms with Crippen LogP contribution in [0.2, 0.25) is 0 Å². The first-order chi connectivity index (χ1) is 23.0. The molecule has 5 rings (SSSR count). The molecule has 1 heterocycles. The summed E-state index contributed by atoms with van der Waals surface area (Å²) in [6, 6.07) is 30.6. The van der Waals surface area contributed by atoms with Gasteiger partial charge in [0, 0.05) is 36.0 Å². The zero-order chi connectivity index (χ0) is 33.1. The number of amides is 1. The Kier molecular flexibility index (Phi) is 11.9. The third kappa shape index (κ3) is 8.32. The minimum atomic E-state index is -1.39. The number of methoxy groups -OCH3 is 1. The highest BCUT2D eigenvalue weighted by atomic mass is 79.9. The number of nitrogens with zero attached hydrogens (tertiary/aromatic N) is 1. The van der Waals surface area contributed by atoms with Gasteiger partial charge < -0.3 is 24.1 Å². The van der Waals surface area contributed by atoms with Gasteiger partial charge in [0.05, 0.1) is 20.3 Å². The fraction of sp³-hybridized carbons (Fsp3) is 0.297. The van der Waals surface area contributed by atoms with E-state index in [1.807, 2.05) is 104 Å². The first kappa shape index (κ1) is 34.0. The maximum Gasteiger partial charge on any atom is 0.266 e. The molecule has 47 heavy (non-hydrogen) atoms. The van der Waals surface area contributed by atoms with Crippen molar-refractivity contribution in [3.8, 4) is 17.2 Å². The number of carbonyl (C=O) groups is 1. The molecule has 0 bridgehead atoms. The molecule has 2 atom stereocenters. The number of hydrogen-bond acceptors (Lipinski definition) is 8. The summed E-state index contributed by atoms with van der Waals surface area (Å²) in [5, 5.41) is 9.09. The van der Waals surface area contributed by atoms with Crippen molar-refractivity contribution in [3.05, 3.63) is 124 Å². The second kappa shape index (κ2) is 16.4. The molecule has 4 aromatic rings. The average Bonchev–Trinajstić information content (AvgIpc) is 3.49. The highest BCUT2D eigenvalue weighted by Gasteiger charge is 2.53. The monoisotopic (exact) mass is 701 g/mol. The summed E-state index contributed by atoms with van der Waals surface area (Å²) in [4.78, 5) is 19.6. The van der Waals surface area contributed by atoms with Gasteiger partial charge in [-0.15, -0.1) is 0 Å². The van der Waals surface area contributed by atoms with Crippen molar-refractivity contribution < 1.29 is 28.8 Å². The lowest BCUT2D eigenvalue weighted by Gasteiger charge is -2.31. The molecule has 0 fully saturated rings. The van der Waals surface area contributed by atoms with Gasteiger partial charge in [-0.25, -0.2) is 10.4 Å². The van der Waals surface area contributed by atoms with Gasteiger partial charge in [-0.05, 0) is 78.6 Å². The molecule has 0 spiro atoms. The number of carbonyl (C=O) groups excluding carboxylic acids is 1. The van der Waals surface area contributed by atoms with Crippen LogP contribution in [0.25, 0.3) is 0 Å².